The molecule has 4 rings (SSSR count). The molecule has 3 heterocycles. The zero-order valence-electron chi connectivity index (χ0n) is 18.2. The highest BCUT2D eigenvalue weighted by Crippen LogP contribution is 2.34. The van der Waals surface area contributed by atoms with Crippen LogP contribution >= 0.6 is 0 Å². The Bertz CT molecular complexity index is 1180. The van der Waals surface area contributed by atoms with Crippen molar-refractivity contribution in [2.75, 3.05) is 30.0 Å². The van der Waals surface area contributed by atoms with E-state index in [-0.39, 0.29) is 35.2 Å². The van der Waals surface area contributed by atoms with Crippen LogP contribution in [0.15, 0.2) is 34.9 Å². The molecule has 2 N–H and O–H groups in total. The van der Waals surface area contributed by atoms with Crippen molar-refractivity contribution in [1.82, 2.24) is 29.4 Å². The number of anilines is 3. The molecule has 1 atom stereocenters. The summed E-state index contributed by atoms with van der Waals surface area (Å²) in [5.74, 6) is 0.941. The summed E-state index contributed by atoms with van der Waals surface area (Å²) in [7, 11) is -1.62. The molecule has 0 spiro atoms. The van der Waals surface area contributed by atoms with E-state index in [1.165, 1.54) is 4.31 Å². The van der Waals surface area contributed by atoms with Gasteiger partial charge in [0, 0.05) is 19.3 Å². The van der Waals surface area contributed by atoms with Crippen molar-refractivity contribution in [2.45, 2.75) is 32.7 Å². The normalized spacial score (nSPS) is 17.2. The highest BCUT2D eigenvalue weighted by molar-refractivity contribution is 7.89. The van der Waals surface area contributed by atoms with Gasteiger partial charge in [0.1, 0.15) is 6.04 Å². The minimum atomic E-state index is -3.43. The van der Waals surface area contributed by atoms with E-state index in [9.17, 15) is 8.42 Å². The molecule has 0 bridgehead atoms. The summed E-state index contributed by atoms with van der Waals surface area (Å²) in [6.07, 6.45) is 1.34. The summed E-state index contributed by atoms with van der Waals surface area (Å²) < 4.78 is 32.5. The van der Waals surface area contributed by atoms with Gasteiger partial charge in [-0.3, -0.25) is 0 Å². The van der Waals surface area contributed by atoms with E-state index in [0.29, 0.717) is 18.9 Å². The van der Waals surface area contributed by atoms with Crippen LogP contribution in [0.5, 0.6) is 0 Å². The number of benzene rings is 1. The Balaban J connectivity index is 1.62. The van der Waals surface area contributed by atoms with Gasteiger partial charge in [-0.2, -0.15) is 24.2 Å². The predicted octanol–water partition coefficient (Wildman–Crippen LogP) is 2.39. The first kappa shape index (κ1) is 22.1. The summed E-state index contributed by atoms with van der Waals surface area (Å²) >= 11 is 0. The van der Waals surface area contributed by atoms with Gasteiger partial charge in [-0.15, -0.1) is 0 Å². The van der Waals surface area contributed by atoms with Crippen molar-refractivity contribution >= 4 is 27.6 Å². The molecule has 1 saturated heterocycles. The fourth-order valence-corrected chi connectivity index (χ4v) is 5.72. The van der Waals surface area contributed by atoms with E-state index in [1.54, 1.807) is 4.90 Å². The summed E-state index contributed by atoms with van der Waals surface area (Å²) in [6, 6.07) is 9.06. The van der Waals surface area contributed by atoms with Gasteiger partial charge in [0.25, 0.3) is 0 Å². The lowest BCUT2D eigenvalue weighted by Crippen LogP contribution is -2.34. The van der Waals surface area contributed by atoms with Gasteiger partial charge in [-0.25, -0.2) is 8.42 Å². The van der Waals surface area contributed by atoms with E-state index in [2.05, 4.69) is 25.1 Å². The van der Waals surface area contributed by atoms with Crippen LogP contribution in [-0.2, 0) is 10.0 Å². The second kappa shape index (κ2) is 8.79. The summed E-state index contributed by atoms with van der Waals surface area (Å²) in [4.78, 5) is 18.9. The molecule has 1 aliphatic heterocycles. The number of aromatic nitrogens is 5. The molecule has 12 heteroatoms. The number of para-hydroxylation sites is 1. The maximum Gasteiger partial charge on any atom is 0.245 e. The number of sulfonamides is 1. The standard InChI is InChI=1S/C20H26N8O3S/c1-13(2)12-32(29,30)28-11-7-10-15(28)18-22-17(26-31-18)16-23-19(21)25-20(24-16)27(3)14-8-5-4-6-9-14/h4-6,8-9,13,15H,7,10-12H2,1-3H3,(H2,21,23,24,25)/t15-/m1/s1. The maximum absolute atomic E-state index is 12.8. The topological polar surface area (TPSA) is 144 Å². The quantitative estimate of drug-likeness (QED) is 0.560. The molecule has 0 unspecified atom stereocenters. The average Bonchev–Trinajstić information content (AvgIpc) is 3.42. The van der Waals surface area contributed by atoms with Crippen molar-refractivity contribution in [3.8, 4) is 11.6 Å². The van der Waals surface area contributed by atoms with Crippen molar-refractivity contribution in [3.63, 3.8) is 0 Å². The lowest BCUT2D eigenvalue weighted by Gasteiger charge is -2.22. The molecule has 0 saturated carbocycles. The van der Waals surface area contributed by atoms with Crippen LogP contribution in [0.25, 0.3) is 11.6 Å². The Morgan fingerprint density at radius 1 is 1.16 bits per heavy atom. The third kappa shape index (κ3) is 4.55. The number of nitrogens with zero attached hydrogens (tertiary/aromatic N) is 7. The minimum absolute atomic E-state index is 0.0149. The van der Waals surface area contributed by atoms with E-state index >= 15 is 0 Å². The molecule has 0 amide bonds. The predicted molar refractivity (Wildman–Crippen MR) is 119 cm³/mol. The van der Waals surface area contributed by atoms with Crippen LogP contribution in [0.3, 0.4) is 0 Å². The Morgan fingerprint density at radius 3 is 2.62 bits per heavy atom. The number of nitrogens with two attached hydrogens (primary N) is 1. The fraction of sp³-hybridized carbons (Fsp3) is 0.450. The fourth-order valence-electron chi connectivity index (χ4n) is 3.70. The smallest absolute Gasteiger partial charge is 0.245 e. The first-order valence-electron chi connectivity index (χ1n) is 10.4. The van der Waals surface area contributed by atoms with Gasteiger partial charge in [0.15, 0.2) is 0 Å². The molecule has 11 nitrogen and oxygen atoms in total. The van der Waals surface area contributed by atoms with Crippen molar-refractivity contribution < 1.29 is 12.9 Å². The van der Waals surface area contributed by atoms with E-state index in [1.807, 2.05) is 51.2 Å². The Morgan fingerprint density at radius 2 is 1.91 bits per heavy atom. The zero-order valence-corrected chi connectivity index (χ0v) is 19.0. The summed E-state index contributed by atoms with van der Waals surface area (Å²) in [6.45, 7) is 4.19. The van der Waals surface area contributed by atoms with E-state index in [4.69, 9.17) is 10.3 Å². The molecule has 2 aromatic heterocycles. The number of nitrogen functional groups attached to an aromatic ring is 1. The average molecular weight is 459 g/mol. The van der Waals surface area contributed by atoms with Crippen LogP contribution < -0.4 is 10.6 Å². The van der Waals surface area contributed by atoms with Crippen LogP contribution in [0.2, 0.25) is 0 Å². The third-order valence-electron chi connectivity index (χ3n) is 5.12. The third-order valence-corrected chi connectivity index (χ3v) is 7.36. The van der Waals surface area contributed by atoms with Crippen LogP contribution in [0, 0.1) is 5.92 Å². The van der Waals surface area contributed by atoms with E-state index < -0.39 is 16.1 Å². The Labute approximate surface area is 186 Å². The summed E-state index contributed by atoms with van der Waals surface area (Å²) in [5, 5.41) is 3.99. The molecular formula is C20H26N8O3S. The van der Waals surface area contributed by atoms with Crippen LogP contribution in [0.1, 0.15) is 38.6 Å². The SMILES string of the molecule is CC(C)CS(=O)(=O)N1CCC[C@@H]1c1nc(-c2nc(N)nc(N(C)c3ccccc3)n2)no1. The van der Waals surface area contributed by atoms with E-state index in [0.717, 1.165) is 12.1 Å². The van der Waals surface area contributed by atoms with Crippen LogP contribution in [0.4, 0.5) is 17.6 Å². The van der Waals surface area contributed by atoms with Crippen LogP contribution in [-0.4, -0.2) is 57.2 Å². The van der Waals surface area contributed by atoms with Gasteiger partial charge < -0.3 is 15.2 Å². The molecule has 3 aromatic rings. The van der Waals surface area contributed by atoms with Gasteiger partial charge in [-0.1, -0.05) is 37.2 Å². The van der Waals surface area contributed by atoms with Gasteiger partial charge in [0.05, 0.1) is 5.75 Å². The summed E-state index contributed by atoms with van der Waals surface area (Å²) in [5.41, 5.74) is 6.77. The molecular weight excluding hydrogens is 432 g/mol. The first-order valence-corrected chi connectivity index (χ1v) is 12.0. The van der Waals surface area contributed by atoms with Gasteiger partial charge >= 0.3 is 0 Å². The Hall–Kier alpha value is -3.12. The monoisotopic (exact) mass is 458 g/mol. The van der Waals surface area contributed by atoms with Crippen molar-refractivity contribution in [2.24, 2.45) is 5.92 Å². The number of hydrogen-bond donors (Lipinski definition) is 1. The molecule has 1 aromatic carbocycles. The lowest BCUT2D eigenvalue weighted by atomic mass is 10.2. The molecule has 1 fully saturated rings. The van der Waals surface area contributed by atoms with Crippen molar-refractivity contribution in [1.29, 1.82) is 0 Å². The Kier molecular flexibility index (Phi) is 6.07. The van der Waals surface area contributed by atoms with Gasteiger partial charge in [0.2, 0.25) is 39.5 Å². The molecule has 0 radical (unpaired) electrons. The second-order valence-electron chi connectivity index (χ2n) is 8.11. The number of rotatable bonds is 7. The largest absolute Gasteiger partial charge is 0.368 e. The second-order valence-corrected chi connectivity index (χ2v) is 10.1. The molecule has 32 heavy (non-hydrogen) atoms. The van der Waals surface area contributed by atoms with Gasteiger partial charge in [-0.05, 0) is 30.9 Å². The zero-order chi connectivity index (χ0) is 22.9. The lowest BCUT2D eigenvalue weighted by molar-refractivity contribution is 0.290. The minimum Gasteiger partial charge on any atom is -0.368 e. The highest BCUT2D eigenvalue weighted by atomic mass is 32.2. The maximum atomic E-state index is 12.8. The highest BCUT2D eigenvalue weighted by Gasteiger charge is 2.38. The molecule has 1 aliphatic rings. The van der Waals surface area contributed by atoms with Crippen molar-refractivity contribution in [3.05, 3.63) is 36.2 Å². The first-order chi connectivity index (χ1) is 15.2. The molecule has 170 valence electrons. The molecule has 0 aliphatic carbocycles. The number of hydrogen-bond acceptors (Lipinski definition) is 10.